The molecule has 0 radical (unpaired) electrons. The molecule has 0 aliphatic carbocycles. The fraction of sp³-hybridized carbons (Fsp3) is 0.286. The van der Waals surface area contributed by atoms with Gasteiger partial charge in [-0.2, -0.15) is 0 Å². The highest BCUT2D eigenvalue weighted by atomic mass is 79.9. The maximum absolute atomic E-state index is 12.8. The van der Waals surface area contributed by atoms with Gasteiger partial charge in [-0.25, -0.2) is 0 Å². The number of carbonyl (C=O) groups excluding carboxylic acids is 3. The normalized spacial score (nSPS) is 14.4. The van der Waals surface area contributed by atoms with Crippen LogP contribution in [0.5, 0.6) is 0 Å². The molecule has 1 aliphatic rings. The molecule has 0 atom stereocenters. The Morgan fingerprint density at radius 2 is 1.68 bits per heavy atom. The Balaban J connectivity index is 1.64. The molecule has 2 aromatic carbocycles. The number of amides is 3. The molecule has 1 saturated heterocycles. The first-order valence-corrected chi connectivity index (χ1v) is 9.95. The van der Waals surface area contributed by atoms with E-state index in [9.17, 15) is 14.4 Å². The molecule has 7 heteroatoms. The number of piperidine rings is 1. The SMILES string of the molecule is CC(=O)NC1CCN(C(=O)c2cccc(NC(=O)c3cccc(Br)c3)c2)CC1. The van der Waals surface area contributed by atoms with Gasteiger partial charge in [0.1, 0.15) is 0 Å². The average Bonchev–Trinajstić information content (AvgIpc) is 2.68. The van der Waals surface area contributed by atoms with Gasteiger partial charge in [-0.15, -0.1) is 0 Å². The summed E-state index contributed by atoms with van der Waals surface area (Å²) in [6.45, 7) is 2.70. The first kappa shape index (κ1) is 20.1. The number of hydrogen-bond acceptors (Lipinski definition) is 3. The number of rotatable bonds is 4. The molecule has 3 rings (SSSR count). The molecule has 1 fully saturated rings. The van der Waals surface area contributed by atoms with Crippen molar-refractivity contribution in [3.05, 3.63) is 64.1 Å². The van der Waals surface area contributed by atoms with E-state index in [2.05, 4.69) is 26.6 Å². The molecule has 0 unspecified atom stereocenters. The van der Waals surface area contributed by atoms with E-state index in [0.717, 1.165) is 17.3 Å². The first-order valence-electron chi connectivity index (χ1n) is 9.16. The highest BCUT2D eigenvalue weighted by Crippen LogP contribution is 2.18. The largest absolute Gasteiger partial charge is 0.353 e. The fourth-order valence-corrected chi connectivity index (χ4v) is 3.66. The average molecular weight is 444 g/mol. The number of likely N-dealkylation sites (tertiary alicyclic amines) is 1. The maximum Gasteiger partial charge on any atom is 0.255 e. The van der Waals surface area contributed by atoms with Crippen molar-refractivity contribution in [2.24, 2.45) is 0 Å². The lowest BCUT2D eigenvalue weighted by molar-refractivity contribution is -0.119. The van der Waals surface area contributed by atoms with Gasteiger partial charge >= 0.3 is 0 Å². The van der Waals surface area contributed by atoms with E-state index < -0.39 is 0 Å². The van der Waals surface area contributed by atoms with Crippen LogP contribution in [0.2, 0.25) is 0 Å². The molecule has 2 aromatic rings. The Hall–Kier alpha value is -2.67. The fourth-order valence-electron chi connectivity index (χ4n) is 3.26. The third-order valence-corrected chi connectivity index (χ3v) is 5.14. The maximum atomic E-state index is 12.8. The lowest BCUT2D eigenvalue weighted by atomic mass is 10.0. The van der Waals surface area contributed by atoms with Crippen LogP contribution in [0.15, 0.2) is 53.0 Å². The molecule has 2 N–H and O–H groups in total. The van der Waals surface area contributed by atoms with Crippen molar-refractivity contribution in [3.63, 3.8) is 0 Å². The summed E-state index contributed by atoms with van der Waals surface area (Å²) < 4.78 is 0.826. The summed E-state index contributed by atoms with van der Waals surface area (Å²) in [5, 5.41) is 5.74. The van der Waals surface area contributed by atoms with Crippen LogP contribution in [0.25, 0.3) is 0 Å². The van der Waals surface area contributed by atoms with E-state index in [0.29, 0.717) is 29.9 Å². The summed E-state index contributed by atoms with van der Waals surface area (Å²) >= 11 is 3.35. The predicted octanol–water partition coefficient (Wildman–Crippen LogP) is 3.44. The molecular weight excluding hydrogens is 422 g/mol. The molecule has 0 aromatic heterocycles. The Labute approximate surface area is 172 Å². The minimum atomic E-state index is -0.234. The predicted molar refractivity (Wildman–Crippen MR) is 111 cm³/mol. The number of hydrogen-bond donors (Lipinski definition) is 2. The molecule has 1 heterocycles. The van der Waals surface area contributed by atoms with Gasteiger partial charge in [0.2, 0.25) is 5.91 Å². The van der Waals surface area contributed by atoms with Crippen LogP contribution in [-0.2, 0) is 4.79 Å². The van der Waals surface area contributed by atoms with Crippen LogP contribution >= 0.6 is 15.9 Å². The highest BCUT2D eigenvalue weighted by Gasteiger charge is 2.24. The van der Waals surface area contributed by atoms with Crippen molar-refractivity contribution in [2.45, 2.75) is 25.8 Å². The van der Waals surface area contributed by atoms with Crippen LogP contribution in [-0.4, -0.2) is 41.8 Å². The van der Waals surface area contributed by atoms with E-state index in [4.69, 9.17) is 0 Å². The van der Waals surface area contributed by atoms with E-state index in [1.807, 2.05) is 6.07 Å². The second-order valence-electron chi connectivity index (χ2n) is 6.81. The zero-order valence-corrected chi connectivity index (χ0v) is 17.2. The van der Waals surface area contributed by atoms with Crippen molar-refractivity contribution < 1.29 is 14.4 Å². The van der Waals surface area contributed by atoms with Crippen LogP contribution in [0.1, 0.15) is 40.5 Å². The molecule has 1 aliphatic heterocycles. The number of anilines is 1. The van der Waals surface area contributed by atoms with E-state index in [1.165, 1.54) is 6.92 Å². The van der Waals surface area contributed by atoms with Crippen LogP contribution in [0, 0.1) is 0 Å². The second kappa shape index (κ2) is 9.01. The van der Waals surface area contributed by atoms with Gasteiger partial charge in [-0.05, 0) is 49.2 Å². The number of benzene rings is 2. The Kier molecular flexibility index (Phi) is 6.46. The van der Waals surface area contributed by atoms with Crippen molar-refractivity contribution in [3.8, 4) is 0 Å². The lowest BCUT2D eigenvalue weighted by Gasteiger charge is -2.32. The zero-order chi connectivity index (χ0) is 20.1. The molecule has 28 heavy (non-hydrogen) atoms. The Morgan fingerprint density at radius 3 is 2.36 bits per heavy atom. The van der Waals surface area contributed by atoms with Gasteiger partial charge in [0, 0.05) is 47.3 Å². The summed E-state index contributed by atoms with van der Waals surface area (Å²) in [6.07, 6.45) is 1.48. The third kappa shape index (κ3) is 5.19. The summed E-state index contributed by atoms with van der Waals surface area (Å²) in [5.41, 5.74) is 1.64. The van der Waals surface area contributed by atoms with Crippen LogP contribution in [0.3, 0.4) is 0 Å². The minimum absolute atomic E-state index is 0.0429. The third-order valence-electron chi connectivity index (χ3n) is 4.64. The van der Waals surface area contributed by atoms with E-state index in [-0.39, 0.29) is 23.8 Å². The van der Waals surface area contributed by atoms with Crippen LogP contribution < -0.4 is 10.6 Å². The Bertz CT molecular complexity index is 892. The monoisotopic (exact) mass is 443 g/mol. The van der Waals surface area contributed by atoms with Crippen LogP contribution in [0.4, 0.5) is 5.69 Å². The highest BCUT2D eigenvalue weighted by molar-refractivity contribution is 9.10. The summed E-state index contributed by atoms with van der Waals surface area (Å²) in [6, 6.07) is 14.2. The minimum Gasteiger partial charge on any atom is -0.353 e. The zero-order valence-electron chi connectivity index (χ0n) is 15.6. The topological polar surface area (TPSA) is 78.5 Å². The summed E-state index contributed by atoms with van der Waals surface area (Å²) in [7, 11) is 0. The number of halogens is 1. The number of nitrogens with zero attached hydrogens (tertiary/aromatic N) is 1. The smallest absolute Gasteiger partial charge is 0.255 e. The molecular formula is C21H22BrN3O3. The molecule has 3 amide bonds. The molecule has 0 saturated carbocycles. The van der Waals surface area contributed by atoms with Gasteiger partial charge in [0.25, 0.3) is 11.8 Å². The standard InChI is InChI=1S/C21H22BrN3O3/c1-14(26)23-18-8-10-25(11-9-18)21(28)16-5-3-7-19(13-16)24-20(27)15-4-2-6-17(22)12-15/h2-7,12-13,18H,8-11H2,1H3,(H,23,26)(H,24,27). The van der Waals surface area contributed by atoms with Gasteiger partial charge in [-0.1, -0.05) is 28.1 Å². The van der Waals surface area contributed by atoms with E-state index in [1.54, 1.807) is 47.4 Å². The van der Waals surface area contributed by atoms with Crippen molar-refractivity contribution in [1.29, 1.82) is 0 Å². The number of nitrogens with one attached hydrogen (secondary N) is 2. The van der Waals surface area contributed by atoms with Gasteiger partial charge < -0.3 is 15.5 Å². The Morgan fingerprint density at radius 1 is 1.00 bits per heavy atom. The van der Waals surface area contributed by atoms with Gasteiger partial charge in [0.15, 0.2) is 0 Å². The van der Waals surface area contributed by atoms with Gasteiger partial charge in [-0.3, -0.25) is 14.4 Å². The quantitative estimate of drug-likeness (QED) is 0.759. The molecule has 146 valence electrons. The van der Waals surface area contributed by atoms with Crippen molar-refractivity contribution in [2.75, 3.05) is 18.4 Å². The molecule has 6 nitrogen and oxygen atoms in total. The van der Waals surface area contributed by atoms with E-state index >= 15 is 0 Å². The summed E-state index contributed by atoms with van der Waals surface area (Å²) in [4.78, 5) is 38.2. The van der Waals surface area contributed by atoms with Gasteiger partial charge in [0.05, 0.1) is 0 Å². The molecule has 0 bridgehead atoms. The number of carbonyl (C=O) groups is 3. The van der Waals surface area contributed by atoms with Crippen molar-refractivity contribution in [1.82, 2.24) is 10.2 Å². The first-order chi connectivity index (χ1) is 13.4. The summed E-state index contributed by atoms with van der Waals surface area (Å²) in [5.74, 6) is -0.347. The van der Waals surface area contributed by atoms with Crippen molar-refractivity contribution >= 4 is 39.3 Å². The lowest BCUT2D eigenvalue weighted by Crippen LogP contribution is -2.46. The molecule has 0 spiro atoms. The second-order valence-corrected chi connectivity index (χ2v) is 7.73.